The second-order valence-corrected chi connectivity index (χ2v) is 8.24. The van der Waals surface area contributed by atoms with E-state index in [4.69, 9.17) is 0 Å². The first kappa shape index (κ1) is 25.0. The van der Waals surface area contributed by atoms with Crippen LogP contribution in [0.2, 0.25) is 0 Å². The molecule has 1 nitrogen and oxygen atoms in total. The van der Waals surface area contributed by atoms with Crippen molar-refractivity contribution in [2.75, 3.05) is 11.5 Å². The number of hydrogen-bond acceptors (Lipinski definition) is 1. The van der Waals surface area contributed by atoms with E-state index in [1.54, 1.807) is 0 Å². The highest BCUT2D eigenvalue weighted by Gasteiger charge is 2.56. The van der Waals surface area contributed by atoms with Gasteiger partial charge in [-0.3, -0.25) is 0 Å². The lowest BCUT2D eigenvalue weighted by atomic mass is 10.1. The molecule has 0 fully saturated rings. The van der Waals surface area contributed by atoms with Crippen molar-refractivity contribution in [3.63, 3.8) is 0 Å². The van der Waals surface area contributed by atoms with E-state index in [1.165, 1.54) is 38.5 Å². The maximum Gasteiger partial charge on any atom is 0.453 e. The Bertz CT molecular complexity index is 310. The maximum absolute atomic E-state index is 12.7. The fraction of sp³-hybridized carbons (Fsp3) is 0.944. The van der Waals surface area contributed by atoms with Crippen LogP contribution in [0, 0.1) is 6.92 Å². The zero-order valence-electron chi connectivity index (χ0n) is 15.0. The van der Waals surface area contributed by atoms with Crippen molar-refractivity contribution in [3.8, 4) is 0 Å². The summed E-state index contributed by atoms with van der Waals surface area (Å²) in [4.78, 5) is 0. The molecule has 0 aliphatic heterocycles. The molecule has 0 aromatic carbocycles. The van der Waals surface area contributed by atoms with E-state index in [0.717, 1.165) is 32.1 Å². The summed E-state index contributed by atoms with van der Waals surface area (Å²) < 4.78 is 73.0. The van der Waals surface area contributed by atoms with Gasteiger partial charge in [0.25, 0.3) is 0 Å². The third-order valence-electron chi connectivity index (χ3n) is 4.15. The van der Waals surface area contributed by atoms with Crippen LogP contribution in [0.1, 0.15) is 83.5 Å². The van der Waals surface area contributed by atoms with E-state index in [2.05, 4.69) is 6.92 Å². The van der Waals surface area contributed by atoms with E-state index < -0.39 is 29.7 Å². The number of hydrogen-bond donors (Lipinski definition) is 0. The molecule has 0 saturated carbocycles. The summed E-state index contributed by atoms with van der Waals surface area (Å²) in [6, 6.07) is 0. The van der Waals surface area contributed by atoms with Crippen molar-refractivity contribution < 1.29 is 26.5 Å². The SMILES string of the molecule is [CH2]CCCCCCCCCCCC[S+]([O-])CCCC(F)(F)C(F)(F)F. The van der Waals surface area contributed by atoms with Gasteiger partial charge >= 0.3 is 12.1 Å². The van der Waals surface area contributed by atoms with E-state index in [9.17, 15) is 26.5 Å². The monoisotopic (exact) mass is 391 g/mol. The van der Waals surface area contributed by atoms with Gasteiger partial charge in [-0.1, -0.05) is 75.9 Å². The fourth-order valence-corrected chi connectivity index (χ4v) is 3.75. The quantitative estimate of drug-likeness (QED) is 0.160. The summed E-state index contributed by atoms with van der Waals surface area (Å²) in [6.45, 7) is 3.81. The van der Waals surface area contributed by atoms with Crippen molar-refractivity contribution >= 4 is 11.2 Å². The van der Waals surface area contributed by atoms with Crippen molar-refractivity contribution in [2.45, 2.75) is 95.6 Å². The van der Waals surface area contributed by atoms with Gasteiger partial charge in [0, 0.05) is 6.42 Å². The van der Waals surface area contributed by atoms with Crippen molar-refractivity contribution in [1.82, 2.24) is 0 Å². The molecule has 0 aliphatic carbocycles. The zero-order valence-corrected chi connectivity index (χ0v) is 15.8. The second kappa shape index (κ2) is 14.1. The van der Waals surface area contributed by atoms with Gasteiger partial charge in [0.15, 0.2) is 0 Å². The molecule has 25 heavy (non-hydrogen) atoms. The molecule has 0 heterocycles. The van der Waals surface area contributed by atoms with Gasteiger partial charge in [0.1, 0.15) is 11.5 Å². The van der Waals surface area contributed by atoms with Crippen LogP contribution in [-0.4, -0.2) is 28.2 Å². The molecule has 0 aromatic rings. The van der Waals surface area contributed by atoms with Gasteiger partial charge in [-0.15, -0.1) is 0 Å². The average molecular weight is 392 g/mol. The first-order chi connectivity index (χ1) is 11.7. The van der Waals surface area contributed by atoms with Crippen LogP contribution in [0.4, 0.5) is 22.0 Å². The number of rotatable bonds is 16. The fourth-order valence-electron chi connectivity index (χ4n) is 2.55. The highest BCUT2D eigenvalue weighted by Crippen LogP contribution is 2.38. The molecule has 0 N–H and O–H groups in total. The number of halogens is 5. The summed E-state index contributed by atoms with van der Waals surface area (Å²) in [7, 11) is 0. The smallest absolute Gasteiger partial charge is 0.453 e. The summed E-state index contributed by atoms with van der Waals surface area (Å²) in [5.74, 6) is -4.37. The van der Waals surface area contributed by atoms with Gasteiger partial charge in [-0.2, -0.15) is 22.0 Å². The van der Waals surface area contributed by atoms with Crippen molar-refractivity contribution in [2.24, 2.45) is 0 Å². The van der Waals surface area contributed by atoms with Crippen LogP contribution in [0.3, 0.4) is 0 Å². The second-order valence-electron chi connectivity index (χ2n) is 6.54. The Labute approximate surface area is 152 Å². The Morgan fingerprint density at radius 3 is 1.48 bits per heavy atom. The van der Waals surface area contributed by atoms with Crippen molar-refractivity contribution in [3.05, 3.63) is 6.92 Å². The van der Waals surface area contributed by atoms with E-state index in [0.29, 0.717) is 5.75 Å². The minimum absolute atomic E-state index is 0.0844. The van der Waals surface area contributed by atoms with Gasteiger partial charge in [-0.25, -0.2) is 0 Å². The standard InChI is InChI=1S/C18H32F5OS/c1-2-3-4-5-6-7-8-9-10-11-12-15-25(24)16-13-14-17(19,20)18(21,22)23/h1-16H2. The first-order valence-corrected chi connectivity index (χ1v) is 10.8. The minimum atomic E-state index is -5.51. The van der Waals surface area contributed by atoms with Gasteiger partial charge in [-0.05, 0) is 19.3 Å². The Morgan fingerprint density at radius 2 is 1.04 bits per heavy atom. The molecule has 0 amide bonds. The van der Waals surface area contributed by atoms with E-state index in [1.807, 2.05) is 0 Å². The highest BCUT2D eigenvalue weighted by atomic mass is 32.2. The van der Waals surface area contributed by atoms with E-state index in [-0.39, 0.29) is 12.2 Å². The maximum atomic E-state index is 12.7. The lowest BCUT2D eigenvalue weighted by Crippen LogP contribution is -2.36. The van der Waals surface area contributed by atoms with Gasteiger partial charge in [0.05, 0.1) is 0 Å². The third-order valence-corrected chi connectivity index (χ3v) is 5.64. The molecule has 1 unspecified atom stereocenters. The van der Waals surface area contributed by atoms with Gasteiger partial charge < -0.3 is 4.55 Å². The van der Waals surface area contributed by atoms with Gasteiger partial charge in [0.2, 0.25) is 0 Å². The molecule has 0 saturated heterocycles. The summed E-state index contributed by atoms with van der Waals surface area (Å²) in [5, 5.41) is 0. The average Bonchev–Trinajstić information content (AvgIpc) is 2.51. The van der Waals surface area contributed by atoms with Crippen molar-refractivity contribution in [1.29, 1.82) is 0 Å². The van der Waals surface area contributed by atoms with E-state index >= 15 is 0 Å². The Morgan fingerprint density at radius 1 is 0.640 bits per heavy atom. The van der Waals surface area contributed by atoms with Crippen LogP contribution < -0.4 is 0 Å². The summed E-state index contributed by atoms with van der Waals surface area (Å²) >= 11 is -1.30. The lowest BCUT2D eigenvalue weighted by Gasteiger charge is -2.19. The lowest BCUT2D eigenvalue weighted by molar-refractivity contribution is -0.284. The molecular formula is C18H32F5OS. The molecule has 151 valence electrons. The zero-order chi connectivity index (χ0) is 19.2. The molecule has 1 radical (unpaired) electrons. The molecule has 0 rings (SSSR count). The summed E-state index contributed by atoms with van der Waals surface area (Å²) in [6.07, 6.45) is 5.12. The third kappa shape index (κ3) is 13.8. The molecule has 7 heteroatoms. The molecule has 0 aromatic heterocycles. The van der Waals surface area contributed by atoms with Crippen LogP contribution in [0.15, 0.2) is 0 Å². The Balaban J connectivity index is 3.43. The Hall–Kier alpha value is -0.0400. The van der Waals surface area contributed by atoms with Crippen LogP contribution in [0.5, 0.6) is 0 Å². The largest absolute Gasteiger partial charge is 0.616 e. The van der Waals surface area contributed by atoms with Crippen LogP contribution >= 0.6 is 0 Å². The molecule has 0 spiro atoms. The predicted octanol–water partition coefficient (Wildman–Crippen LogP) is 6.84. The first-order valence-electron chi connectivity index (χ1n) is 9.29. The normalized spacial score (nSPS) is 14.0. The molecule has 0 bridgehead atoms. The highest BCUT2D eigenvalue weighted by molar-refractivity contribution is 7.91. The summed E-state index contributed by atoms with van der Waals surface area (Å²) in [5.41, 5.74) is 0. The number of alkyl halides is 5. The topological polar surface area (TPSA) is 23.1 Å². The Kier molecular flexibility index (Phi) is 14.0. The number of unbranched alkanes of at least 4 members (excludes halogenated alkanes) is 10. The molecule has 0 aliphatic rings. The van der Waals surface area contributed by atoms with Crippen LogP contribution in [-0.2, 0) is 11.2 Å². The van der Waals surface area contributed by atoms with Crippen LogP contribution in [0.25, 0.3) is 0 Å². The molecular weight excluding hydrogens is 359 g/mol. The molecule has 1 atom stereocenters. The predicted molar refractivity (Wildman–Crippen MR) is 94.3 cm³/mol. The minimum Gasteiger partial charge on any atom is -0.616 e.